The number of rotatable bonds is 9. The summed E-state index contributed by atoms with van der Waals surface area (Å²) in [5.41, 5.74) is 0.726. The molecule has 148 valence electrons. The number of carbonyl (C=O) groups is 2. The summed E-state index contributed by atoms with van der Waals surface area (Å²) in [4.78, 5) is 23.5. The first-order valence-corrected chi connectivity index (χ1v) is 8.56. The van der Waals surface area contributed by atoms with E-state index in [-0.39, 0.29) is 12.2 Å². The fraction of sp³-hybridized carbons (Fsp3) is 0.238. The van der Waals surface area contributed by atoms with E-state index in [0.717, 1.165) is 0 Å². The summed E-state index contributed by atoms with van der Waals surface area (Å²) in [5.74, 6) is 0.342. The summed E-state index contributed by atoms with van der Waals surface area (Å²) in [5, 5.41) is 0. The molecule has 28 heavy (non-hydrogen) atoms. The molecular weight excluding hydrogens is 364 g/mol. The maximum absolute atomic E-state index is 12.1. The molecule has 0 fully saturated rings. The number of hydrogen-bond donors (Lipinski definition) is 0. The highest BCUT2D eigenvalue weighted by Gasteiger charge is 2.18. The van der Waals surface area contributed by atoms with Gasteiger partial charge in [-0.2, -0.15) is 0 Å². The molecule has 0 atom stereocenters. The maximum atomic E-state index is 12.1. The molecule has 2 aromatic carbocycles. The Hall–Kier alpha value is -3.48. The van der Waals surface area contributed by atoms with Crippen LogP contribution in [0.3, 0.4) is 0 Å². The Kier molecular flexibility index (Phi) is 7.90. The molecule has 0 unspecified atom stereocenters. The molecular formula is C21H22O7. The lowest BCUT2D eigenvalue weighted by Crippen LogP contribution is -2.14. The van der Waals surface area contributed by atoms with Crippen LogP contribution in [0, 0.1) is 0 Å². The molecule has 0 amide bonds. The van der Waals surface area contributed by atoms with Gasteiger partial charge in [-0.1, -0.05) is 24.3 Å². The molecule has 0 aliphatic heterocycles. The van der Waals surface area contributed by atoms with Gasteiger partial charge in [0.05, 0.1) is 27.1 Å². The highest BCUT2D eigenvalue weighted by Crippen LogP contribution is 2.32. The zero-order valence-electron chi connectivity index (χ0n) is 16.0. The fourth-order valence-corrected chi connectivity index (χ4v) is 2.33. The monoisotopic (exact) mass is 386 g/mol. The lowest BCUT2D eigenvalue weighted by atomic mass is 10.1. The SMILES string of the molecule is CCOC(=O)COc1cccc(Oc2ccccc2/C(=C\OC)C(=O)OC)c1. The smallest absolute Gasteiger partial charge is 0.344 e. The fourth-order valence-electron chi connectivity index (χ4n) is 2.33. The maximum Gasteiger partial charge on any atom is 0.344 e. The van der Waals surface area contributed by atoms with Crippen molar-refractivity contribution in [3.8, 4) is 17.2 Å². The van der Waals surface area contributed by atoms with Crippen LogP contribution in [-0.2, 0) is 23.8 Å². The van der Waals surface area contributed by atoms with E-state index in [1.807, 2.05) is 0 Å². The molecule has 0 aromatic heterocycles. The first-order valence-electron chi connectivity index (χ1n) is 8.56. The molecule has 7 nitrogen and oxygen atoms in total. The second-order valence-corrected chi connectivity index (χ2v) is 5.43. The van der Waals surface area contributed by atoms with Crippen molar-refractivity contribution in [2.24, 2.45) is 0 Å². The highest BCUT2D eigenvalue weighted by molar-refractivity contribution is 6.17. The van der Waals surface area contributed by atoms with Gasteiger partial charge >= 0.3 is 11.9 Å². The van der Waals surface area contributed by atoms with Gasteiger partial charge in [-0.05, 0) is 25.1 Å². The van der Waals surface area contributed by atoms with Gasteiger partial charge in [0.15, 0.2) is 6.61 Å². The Bertz CT molecular complexity index is 842. The number of methoxy groups -OCH3 is 2. The molecule has 7 heteroatoms. The third-order valence-electron chi connectivity index (χ3n) is 3.51. The van der Waals surface area contributed by atoms with Gasteiger partial charge in [-0.25, -0.2) is 9.59 Å². The van der Waals surface area contributed by atoms with Gasteiger partial charge in [0, 0.05) is 11.6 Å². The number of benzene rings is 2. The van der Waals surface area contributed by atoms with E-state index in [0.29, 0.717) is 29.4 Å². The quantitative estimate of drug-likeness (QED) is 0.370. The van der Waals surface area contributed by atoms with E-state index in [1.165, 1.54) is 20.5 Å². The summed E-state index contributed by atoms with van der Waals surface area (Å²) in [6, 6.07) is 13.8. The van der Waals surface area contributed by atoms with Crippen LogP contribution in [0.15, 0.2) is 54.8 Å². The summed E-state index contributed by atoms with van der Waals surface area (Å²) in [6.07, 6.45) is 1.30. The van der Waals surface area contributed by atoms with Crippen molar-refractivity contribution in [1.29, 1.82) is 0 Å². The van der Waals surface area contributed by atoms with E-state index in [1.54, 1.807) is 55.5 Å². The van der Waals surface area contributed by atoms with Gasteiger partial charge in [0.25, 0.3) is 0 Å². The average molecular weight is 386 g/mol. The molecule has 0 saturated heterocycles. The van der Waals surface area contributed by atoms with Crippen LogP contribution >= 0.6 is 0 Å². The predicted octanol–water partition coefficient (Wildman–Crippen LogP) is 3.58. The summed E-state index contributed by atoms with van der Waals surface area (Å²) in [6.45, 7) is 1.82. The van der Waals surface area contributed by atoms with Crippen LogP contribution in [0.4, 0.5) is 0 Å². The van der Waals surface area contributed by atoms with E-state index >= 15 is 0 Å². The number of carbonyl (C=O) groups excluding carboxylic acids is 2. The average Bonchev–Trinajstić information content (AvgIpc) is 2.71. The summed E-state index contributed by atoms with van der Waals surface area (Å²) in [7, 11) is 2.73. The Morgan fingerprint density at radius 3 is 2.46 bits per heavy atom. The van der Waals surface area contributed by atoms with Crippen molar-refractivity contribution in [2.45, 2.75) is 6.92 Å². The third kappa shape index (κ3) is 5.77. The van der Waals surface area contributed by atoms with E-state index in [9.17, 15) is 9.59 Å². The first kappa shape index (κ1) is 20.8. The van der Waals surface area contributed by atoms with Gasteiger partial charge in [-0.3, -0.25) is 0 Å². The molecule has 0 heterocycles. The first-order chi connectivity index (χ1) is 13.6. The van der Waals surface area contributed by atoms with Gasteiger partial charge in [0.1, 0.15) is 22.8 Å². The second-order valence-electron chi connectivity index (χ2n) is 5.43. The highest BCUT2D eigenvalue weighted by atomic mass is 16.6. The number of para-hydroxylation sites is 1. The van der Waals surface area contributed by atoms with Crippen molar-refractivity contribution >= 4 is 17.5 Å². The predicted molar refractivity (Wildman–Crippen MR) is 102 cm³/mol. The zero-order chi connectivity index (χ0) is 20.4. The van der Waals surface area contributed by atoms with Gasteiger partial charge < -0.3 is 23.7 Å². The summed E-state index contributed by atoms with van der Waals surface area (Å²) >= 11 is 0. The largest absolute Gasteiger partial charge is 0.503 e. The minimum Gasteiger partial charge on any atom is -0.503 e. The van der Waals surface area contributed by atoms with Crippen LogP contribution in [0.25, 0.3) is 5.57 Å². The lowest BCUT2D eigenvalue weighted by molar-refractivity contribution is -0.145. The Morgan fingerprint density at radius 1 is 1.00 bits per heavy atom. The standard InChI is InChI=1S/C21H22O7/c1-4-26-20(22)14-27-15-8-7-9-16(12-15)28-19-11-6-5-10-17(19)18(13-24-2)21(23)25-3/h5-13H,4,14H2,1-3H3/b18-13+. The number of hydrogen-bond acceptors (Lipinski definition) is 7. The topological polar surface area (TPSA) is 80.3 Å². The molecule has 2 rings (SSSR count). The molecule has 2 aromatic rings. The van der Waals surface area contributed by atoms with E-state index < -0.39 is 11.9 Å². The van der Waals surface area contributed by atoms with Crippen molar-refractivity contribution in [2.75, 3.05) is 27.4 Å². The van der Waals surface area contributed by atoms with Crippen LogP contribution < -0.4 is 9.47 Å². The van der Waals surface area contributed by atoms with Gasteiger partial charge in [0.2, 0.25) is 0 Å². The third-order valence-corrected chi connectivity index (χ3v) is 3.51. The molecule has 0 radical (unpaired) electrons. The van der Waals surface area contributed by atoms with Crippen molar-refractivity contribution in [3.63, 3.8) is 0 Å². The molecule has 0 aliphatic carbocycles. The van der Waals surface area contributed by atoms with Crippen molar-refractivity contribution < 1.29 is 33.3 Å². The van der Waals surface area contributed by atoms with Crippen LogP contribution in [0.2, 0.25) is 0 Å². The number of ether oxygens (including phenoxy) is 5. The number of esters is 2. The lowest BCUT2D eigenvalue weighted by Gasteiger charge is -2.13. The zero-order valence-corrected chi connectivity index (χ0v) is 16.0. The minimum absolute atomic E-state index is 0.197. The van der Waals surface area contributed by atoms with E-state index in [2.05, 4.69) is 0 Å². The molecule has 0 spiro atoms. The van der Waals surface area contributed by atoms with Crippen LogP contribution in [-0.4, -0.2) is 39.4 Å². The Balaban J connectivity index is 2.22. The Morgan fingerprint density at radius 2 is 1.75 bits per heavy atom. The summed E-state index contributed by atoms with van der Waals surface area (Å²) < 4.78 is 26.0. The molecule has 0 aliphatic rings. The molecule has 0 N–H and O–H groups in total. The normalized spacial score (nSPS) is 10.8. The minimum atomic E-state index is -0.551. The van der Waals surface area contributed by atoms with E-state index in [4.69, 9.17) is 23.7 Å². The van der Waals surface area contributed by atoms with Crippen molar-refractivity contribution in [3.05, 3.63) is 60.4 Å². The Labute approximate surface area is 163 Å². The van der Waals surface area contributed by atoms with Gasteiger partial charge in [-0.15, -0.1) is 0 Å². The van der Waals surface area contributed by atoms with Crippen LogP contribution in [0.5, 0.6) is 17.2 Å². The molecule has 0 bridgehead atoms. The molecule has 0 saturated carbocycles. The van der Waals surface area contributed by atoms with Crippen LogP contribution in [0.1, 0.15) is 12.5 Å². The van der Waals surface area contributed by atoms with Crippen molar-refractivity contribution in [1.82, 2.24) is 0 Å². The second kappa shape index (κ2) is 10.6.